The number of rotatable bonds is 1. The molecule has 0 spiro atoms. The summed E-state index contributed by atoms with van der Waals surface area (Å²) in [4.78, 5) is 17.2. The van der Waals surface area contributed by atoms with E-state index in [1.54, 1.807) is 31.5 Å². The zero-order valence-corrected chi connectivity index (χ0v) is 10.4. The van der Waals surface area contributed by atoms with Crippen molar-refractivity contribution in [2.75, 3.05) is 7.11 Å². The third-order valence-electron chi connectivity index (χ3n) is 2.47. The molecule has 0 bridgehead atoms. The lowest BCUT2D eigenvalue weighted by Gasteiger charge is -1.99. The lowest BCUT2D eigenvalue weighted by molar-refractivity contribution is 0.425. The van der Waals surface area contributed by atoms with E-state index in [1.165, 1.54) is 15.7 Å². The quantitative estimate of drug-likeness (QED) is 0.680. The van der Waals surface area contributed by atoms with Gasteiger partial charge in [0.2, 0.25) is 4.96 Å². The van der Waals surface area contributed by atoms with Gasteiger partial charge in [-0.25, -0.2) is 4.98 Å². The van der Waals surface area contributed by atoms with Crippen molar-refractivity contribution in [2.24, 2.45) is 0 Å². The van der Waals surface area contributed by atoms with Crippen LogP contribution in [0.25, 0.3) is 15.9 Å². The fraction of sp³-hybridized carbons (Fsp3) is 0.0909. The number of halogens is 1. The molecule has 0 N–H and O–H groups in total. The van der Waals surface area contributed by atoms with E-state index in [0.29, 0.717) is 25.9 Å². The van der Waals surface area contributed by atoms with Crippen molar-refractivity contribution in [2.45, 2.75) is 0 Å². The number of methoxy groups -OCH3 is 1. The summed E-state index contributed by atoms with van der Waals surface area (Å²) in [6.45, 7) is 0. The fourth-order valence-electron chi connectivity index (χ4n) is 1.68. The molecule has 0 aliphatic carbocycles. The molecule has 17 heavy (non-hydrogen) atoms. The van der Waals surface area contributed by atoms with E-state index in [2.05, 4.69) is 4.98 Å². The van der Waals surface area contributed by atoms with Crippen LogP contribution in [0.2, 0.25) is 5.02 Å². The SMILES string of the molecule is COc1cn2c(=O)c3c(Cl)cccc3nc2s1. The lowest BCUT2D eigenvalue weighted by Crippen LogP contribution is -2.13. The standard InChI is InChI=1S/C11H7ClN2O2S/c1-16-8-5-14-10(15)9-6(12)3-2-4-7(9)13-11(14)17-8/h2-5H,1H3. The zero-order chi connectivity index (χ0) is 12.0. The van der Waals surface area contributed by atoms with Crippen LogP contribution in [-0.4, -0.2) is 16.5 Å². The molecule has 0 unspecified atom stereocenters. The van der Waals surface area contributed by atoms with Gasteiger partial charge in [-0.3, -0.25) is 9.20 Å². The second kappa shape index (κ2) is 3.72. The first kappa shape index (κ1) is 10.6. The Morgan fingerprint density at radius 3 is 3.06 bits per heavy atom. The smallest absolute Gasteiger partial charge is 0.268 e. The molecule has 0 saturated carbocycles. The molecular weight excluding hydrogens is 260 g/mol. The Balaban J connectivity index is 2.55. The van der Waals surface area contributed by atoms with E-state index in [0.717, 1.165) is 0 Å². The van der Waals surface area contributed by atoms with Crippen LogP contribution in [0.15, 0.2) is 29.2 Å². The molecule has 0 aliphatic heterocycles. The van der Waals surface area contributed by atoms with Gasteiger partial charge >= 0.3 is 0 Å². The van der Waals surface area contributed by atoms with E-state index in [9.17, 15) is 4.79 Å². The summed E-state index contributed by atoms with van der Waals surface area (Å²) in [5.41, 5.74) is 0.433. The number of fused-ring (bicyclic) bond motifs is 2. The Labute approximate surface area is 105 Å². The minimum absolute atomic E-state index is 0.171. The van der Waals surface area contributed by atoms with E-state index in [-0.39, 0.29) is 5.56 Å². The number of hydrogen-bond donors (Lipinski definition) is 0. The summed E-state index contributed by atoms with van der Waals surface area (Å²) >= 11 is 7.34. The number of nitrogens with zero attached hydrogens (tertiary/aromatic N) is 2. The highest BCUT2D eigenvalue weighted by atomic mass is 35.5. The first-order chi connectivity index (χ1) is 8.20. The van der Waals surface area contributed by atoms with Crippen LogP contribution in [0.4, 0.5) is 0 Å². The summed E-state index contributed by atoms with van der Waals surface area (Å²) in [6.07, 6.45) is 1.62. The number of aromatic nitrogens is 2. The van der Waals surface area contributed by atoms with Crippen molar-refractivity contribution in [3.05, 3.63) is 39.8 Å². The summed E-state index contributed by atoms with van der Waals surface area (Å²) in [7, 11) is 1.56. The van der Waals surface area contributed by atoms with Crippen molar-refractivity contribution < 1.29 is 4.74 Å². The van der Waals surface area contributed by atoms with Crippen molar-refractivity contribution in [3.63, 3.8) is 0 Å². The van der Waals surface area contributed by atoms with Crippen LogP contribution in [0.5, 0.6) is 5.06 Å². The molecule has 0 aliphatic rings. The van der Waals surface area contributed by atoms with Crippen LogP contribution in [0.1, 0.15) is 0 Å². The average Bonchev–Trinajstić information content (AvgIpc) is 2.72. The molecule has 0 radical (unpaired) electrons. The van der Waals surface area contributed by atoms with E-state index in [1.807, 2.05) is 0 Å². The molecule has 2 aromatic heterocycles. The predicted octanol–water partition coefficient (Wildman–Crippen LogP) is 2.57. The topological polar surface area (TPSA) is 43.6 Å². The molecule has 2 heterocycles. The van der Waals surface area contributed by atoms with Gasteiger partial charge in [0.15, 0.2) is 5.06 Å². The molecule has 0 saturated heterocycles. The minimum Gasteiger partial charge on any atom is -0.486 e. The largest absolute Gasteiger partial charge is 0.486 e. The van der Waals surface area contributed by atoms with E-state index < -0.39 is 0 Å². The van der Waals surface area contributed by atoms with E-state index >= 15 is 0 Å². The maximum atomic E-state index is 12.2. The predicted molar refractivity (Wildman–Crippen MR) is 68.4 cm³/mol. The maximum Gasteiger partial charge on any atom is 0.268 e. The highest BCUT2D eigenvalue weighted by molar-refractivity contribution is 7.18. The van der Waals surface area contributed by atoms with E-state index in [4.69, 9.17) is 16.3 Å². The van der Waals surface area contributed by atoms with Gasteiger partial charge in [0, 0.05) is 0 Å². The van der Waals surface area contributed by atoms with Crippen LogP contribution in [0, 0.1) is 0 Å². The van der Waals surface area contributed by atoms with Crippen molar-refractivity contribution in [1.29, 1.82) is 0 Å². The molecule has 0 amide bonds. The summed E-state index contributed by atoms with van der Waals surface area (Å²) in [6, 6.07) is 5.23. The number of ether oxygens (including phenoxy) is 1. The molecule has 6 heteroatoms. The molecule has 3 rings (SSSR count). The van der Waals surface area contributed by atoms with Gasteiger partial charge in [-0.2, -0.15) is 0 Å². The Bertz CT molecular complexity index is 778. The first-order valence-corrected chi connectivity index (χ1v) is 6.04. The van der Waals surface area contributed by atoms with Gasteiger partial charge in [0.1, 0.15) is 0 Å². The molecule has 86 valence electrons. The van der Waals surface area contributed by atoms with Crippen LogP contribution in [0.3, 0.4) is 0 Å². The number of thiazole rings is 1. The Morgan fingerprint density at radius 1 is 1.47 bits per heavy atom. The van der Waals surface area contributed by atoms with Gasteiger partial charge in [0.25, 0.3) is 5.56 Å². The second-order valence-corrected chi connectivity index (χ2v) is 4.84. The van der Waals surface area contributed by atoms with Gasteiger partial charge in [-0.05, 0) is 12.1 Å². The summed E-state index contributed by atoms with van der Waals surface area (Å²) in [5.74, 6) is 0. The summed E-state index contributed by atoms with van der Waals surface area (Å²) < 4.78 is 6.55. The summed E-state index contributed by atoms with van der Waals surface area (Å²) in [5, 5.41) is 1.49. The second-order valence-electron chi connectivity index (χ2n) is 3.46. The first-order valence-electron chi connectivity index (χ1n) is 4.85. The molecule has 0 atom stereocenters. The normalized spacial score (nSPS) is 11.2. The zero-order valence-electron chi connectivity index (χ0n) is 8.81. The molecule has 4 nitrogen and oxygen atoms in total. The van der Waals surface area contributed by atoms with Gasteiger partial charge in [0.05, 0.1) is 29.2 Å². The third-order valence-corrected chi connectivity index (χ3v) is 3.73. The number of benzene rings is 1. The van der Waals surface area contributed by atoms with Crippen LogP contribution in [-0.2, 0) is 0 Å². The van der Waals surface area contributed by atoms with Crippen molar-refractivity contribution in [3.8, 4) is 5.06 Å². The van der Waals surface area contributed by atoms with Crippen LogP contribution < -0.4 is 10.3 Å². The Hall–Kier alpha value is -1.59. The van der Waals surface area contributed by atoms with Gasteiger partial charge in [-0.15, -0.1) is 0 Å². The molecule has 1 aromatic carbocycles. The molecule has 3 aromatic rings. The van der Waals surface area contributed by atoms with Crippen molar-refractivity contribution >= 4 is 38.8 Å². The van der Waals surface area contributed by atoms with Crippen LogP contribution >= 0.6 is 22.9 Å². The van der Waals surface area contributed by atoms with Gasteiger partial charge < -0.3 is 4.74 Å². The monoisotopic (exact) mass is 266 g/mol. The maximum absolute atomic E-state index is 12.2. The minimum atomic E-state index is -0.171. The highest BCUT2D eigenvalue weighted by Gasteiger charge is 2.11. The lowest BCUT2D eigenvalue weighted by atomic mass is 10.2. The fourth-order valence-corrected chi connectivity index (χ4v) is 2.73. The molecular formula is C11H7ClN2O2S. The highest BCUT2D eigenvalue weighted by Crippen LogP contribution is 2.25. The van der Waals surface area contributed by atoms with Gasteiger partial charge in [-0.1, -0.05) is 29.0 Å². The number of hydrogen-bond acceptors (Lipinski definition) is 4. The molecule has 0 fully saturated rings. The third kappa shape index (κ3) is 1.50. The Morgan fingerprint density at radius 2 is 2.29 bits per heavy atom. The average molecular weight is 267 g/mol. The van der Waals surface area contributed by atoms with Crippen molar-refractivity contribution in [1.82, 2.24) is 9.38 Å². The Kier molecular flexibility index (Phi) is 2.31.